The highest BCUT2D eigenvalue weighted by atomic mass is 16.5. The van der Waals surface area contributed by atoms with Crippen LogP contribution in [0.2, 0.25) is 0 Å². The highest BCUT2D eigenvalue weighted by Gasteiger charge is 2.50. The average Bonchev–Trinajstić information content (AvgIpc) is 3.79. The molecular formula is C41H36N4O2. The van der Waals surface area contributed by atoms with E-state index < -0.39 is 5.41 Å². The lowest BCUT2D eigenvalue weighted by atomic mass is 9.77. The molecule has 2 aliphatic heterocycles. The zero-order chi connectivity index (χ0) is 31.5. The fourth-order valence-corrected chi connectivity index (χ4v) is 6.82. The fourth-order valence-electron chi connectivity index (χ4n) is 6.82. The van der Waals surface area contributed by atoms with Crippen molar-refractivity contribution in [3.63, 3.8) is 0 Å². The van der Waals surface area contributed by atoms with Crippen LogP contribution in [0.5, 0.6) is 0 Å². The zero-order valence-corrected chi connectivity index (χ0v) is 26.2. The smallest absolute Gasteiger partial charge is 0.200 e. The summed E-state index contributed by atoms with van der Waals surface area (Å²) in [5.74, 6) is 1.31. The van der Waals surface area contributed by atoms with Crippen LogP contribution >= 0.6 is 0 Å². The molecule has 0 saturated heterocycles. The first kappa shape index (κ1) is 29.1. The minimum absolute atomic E-state index is 0.0111. The molecule has 4 aromatic carbocycles. The summed E-state index contributed by atoms with van der Waals surface area (Å²) in [6, 6.07) is 45.9. The number of aliphatic imine (C=N–C) groups is 2. The zero-order valence-electron chi connectivity index (χ0n) is 26.2. The van der Waals surface area contributed by atoms with Crippen molar-refractivity contribution >= 4 is 33.6 Å². The van der Waals surface area contributed by atoms with Crippen LogP contribution in [0.1, 0.15) is 22.5 Å². The Balaban J connectivity index is 1.24. The standard InChI is InChI=1S/C41H36N4O2/c1-3-11-29(12-4-1)23-35-27-46-39(44-35)41(25-33-21-19-31-15-7-9-17-37(31)42-33,26-34-22-20-32-16-8-10-18-38(32)43-34)40-45-36(28-47-40)24-30-13-5-2-6-14-30/h1-22,35-36H,23-28H2/t35-,36-/m0/s1. The molecule has 0 radical (unpaired) electrons. The van der Waals surface area contributed by atoms with E-state index in [-0.39, 0.29) is 12.1 Å². The lowest BCUT2D eigenvalue weighted by molar-refractivity contribution is 0.247. The summed E-state index contributed by atoms with van der Waals surface area (Å²) in [6.07, 6.45) is 2.62. The van der Waals surface area contributed by atoms with Gasteiger partial charge in [-0.1, -0.05) is 109 Å². The van der Waals surface area contributed by atoms with Crippen molar-refractivity contribution < 1.29 is 9.47 Å². The fraction of sp³-hybridized carbons (Fsp3) is 0.220. The summed E-state index contributed by atoms with van der Waals surface area (Å²) in [4.78, 5) is 20.9. The molecule has 2 aromatic heterocycles. The van der Waals surface area contributed by atoms with Crippen LogP contribution in [0.3, 0.4) is 0 Å². The lowest BCUT2D eigenvalue weighted by Crippen LogP contribution is -2.44. The molecule has 6 heteroatoms. The normalized spacial score (nSPS) is 17.7. The van der Waals surface area contributed by atoms with Crippen LogP contribution in [-0.4, -0.2) is 47.1 Å². The minimum Gasteiger partial charge on any atom is -0.478 e. The molecule has 4 heterocycles. The van der Waals surface area contributed by atoms with Gasteiger partial charge in [-0.2, -0.15) is 0 Å². The second kappa shape index (κ2) is 12.8. The molecule has 0 fully saturated rings. The Hall–Kier alpha value is -5.36. The van der Waals surface area contributed by atoms with Crippen LogP contribution < -0.4 is 0 Å². The van der Waals surface area contributed by atoms with E-state index in [0.29, 0.717) is 37.9 Å². The monoisotopic (exact) mass is 616 g/mol. The van der Waals surface area contributed by atoms with E-state index in [1.807, 2.05) is 36.4 Å². The van der Waals surface area contributed by atoms with Crippen LogP contribution in [0.15, 0.2) is 143 Å². The van der Waals surface area contributed by atoms with Gasteiger partial charge in [0.15, 0.2) is 11.8 Å². The molecular weight excluding hydrogens is 580 g/mol. The van der Waals surface area contributed by atoms with Crippen molar-refractivity contribution in [2.75, 3.05) is 13.2 Å². The third-order valence-electron chi connectivity index (χ3n) is 9.15. The van der Waals surface area contributed by atoms with Gasteiger partial charge in [-0.3, -0.25) is 9.97 Å². The maximum atomic E-state index is 6.62. The molecule has 0 amide bonds. The van der Waals surface area contributed by atoms with Crippen LogP contribution in [0.4, 0.5) is 0 Å². The topological polar surface area (TPSA) is 69.0 Å². The van der Waals surface area contributed by atoms with E-state index in [1.54, 1.807) is 0 Å². The third kappa shape index (κ3) is 6.24. The van der Waals surface area contributed by atoms with Gasteiger partial charge in [-0.25, -0.2) is 9.98 Å². The molecule has 8 rings (SSSR count). The summed E-state index contributed by atoms with van der Waals surface area (Å²) in [5.41, 5.74) is 5.41. The molecule has 6 nitrogen and oxygen atoms in total. The van der Waals surface area contributed by atoms with E-state index in [2.05, 4.69) is 97.1 Å². The average molecular weight is 617 g/mol. The van der Waals surface area contributed by atoms with E-state index in [0.717, 1.165) is 46.0 Å². The SMILES string of the molecule is c1ccc(C[C@H]2COC(C(Cc3ccc4ccccc4n3)(Cc3ccc4ccccc4n3)C3=N[C@@H](Cc4ccccc4)CO3)=N2)cc1. The van der Waals surface area contributed by atoms with E-state index in [1.165, 1.54) is 11.1 Å². The lowest BCUT2D eigenvalue weighted by Gasteiger charge is -2.32. The maximum absolute atomic E-state index is 6.62. The molecule has 0 bridgehead atoms. The largest absolute Gasteiger partial charge is 0.478 e. The molecule has 47 heavy (non-hydrogen) atoms. The predicted molar refractivity (Wildman–Crippen MR) is 188 cm³/mol. The number of nitrogens with zero attached hydrogens (tertiary/aromatic N) is 4. The summed E-state index contributed by atoms with van der Waals surface area (Å²) in [5, 5.41) is 2.21. The third-order valence-corrected chi connectivity index (χ3v) is 9.15. The molecule has 6 aromatic rings. The molecule has 0 N–H and O–H groups in total. The maximum Gasteiger partial charge on any atom is 0.200 e. The van der Waals surface area contributed by atoms with Gasteiger partial charge >= 0.3 is 0 Å². The van der Waals surface area contributed by atoms with Crippen molar-refractivity contribution in [1.82, 2.24) is 9.97 Å². The Bertz CT molecular complexity index is 1930. The number of fused-ring (bicyclic) bond motifs is 2. The molecule has 0 unspecified atom stereocenters. The van der Waals surface area contributed by atoms with Gasteiger partial charge in [0, 0.05) is 35.0 Å². The number of rotatable bonds is 10. The number of hydrogen-bond acceptors (Lipinski definition) is 6. The number of hydrogen-bond donors (Lipinski definition) is 0. The van der Waals surface area contributed by atoms with Crippen LogP contribution in [0, 0.1) is 5.41 Å². The van der Waals surface area contributed by atoms with E-state index in [4.69, 9.17) is 29.4 Å². The molecule has 232 valence electrons. The minimum atomic E-state index is -0.832. The Kier molecular flexibility index (Phi) is 7.92. The van der Waals surface area contributed by atoms with Crippen molar-refractivity contribution in [3.8, 4) is 0 Å². The van der Waals surface area contributed by atoms with Gasteiger partial charge in [0.05, 0.1) is 23.1 Å². The first-order valence-corrected chi connectivity index (χ1v) is 16.4. The summed E-state index contributed by atoms with van der Waals surface area (Å²) < 4.78 is 13.2. The number of benzene rings is 4. The first-order chi connectivity index (χ1) is 23.2. The van der Waals surface area contributed by atoms with E-state index >= 15 is 0 Å². The number of para-hydroxylation sites is 2. The van der Waals surface area contributed by atoms with Gasteiger partial charge in [-0.15, -0.1) is 0 Å². The molecule has 0 spiro atoms. The summed E-state index contributed by atoms with van der Waals surface area (Å²) in [7, 11) is 0. The number of pyridine rings is 2. The second-order valence-corrected chi connectivity index (χ2v) is 12.6. The highest BCUT2D eigenvalue weighted by molar-refractivity contribution is 6.07. The van der Waals surface area contributed by atoms with E-state index in [9.17, 15) is 0 Å². The van der Waals surface area contributed by atoms with Gasteiger partial charge in [0.1, 0.15) is 18.6 Å². The quantitative estimate of drug-likeness (QED) is 0.159. The van der Waals surface area contributed by atoms with Crippen molar-refractivity contribution in [2.24, 2.45) is 15.4 Å². The van der Waals surface area contributed by atoms with Crippen LogP contribution in [0.25, 0.3) is 21.8 Å². The molecule has 2 aliphatic rings. The summed E-state index contributed by atoms with van der Waals surface area (Å²) >= 11 is 0. The van der Waals surface area contributed by atoms with Crippen molar-refractivity contribution in [3.05, 3.63) is 156 Å². The second-order valence-electron chi connectivity index (χ2n) is 12.6. The molecule has 2 atom stereocenters. The van der Waals surface area contributed by atoms with Crippen molar-refractivity contribution in [1.29, 1.82) is 0 Å². The summed E-state index contributed by atoms with van der Waals surface area (Å²) in [6.45, 7) is 1.01. The Morgan fingerprint density at radius 2 is 0.915 bits per heavy atom. The highest BCUT2D eigenvalue weighted by Crippen LogP contribution is 2.38. The number of aromatic nitrogens is 2. The number of ether oxygens (including phenoxy) is 2. The van der Waals surface area contributed by atoms with Gasteiger partial charge in [0.2, 0.25) is 0 Å². The molecule has 0 aliphatic carbocycles. The van der Waals surface area contributed by atoms with Gasteiger partial charge in [0.25, 0.3) is 0 Å². The van der Waals surface area contributed by atoms with Gasteiger partial charge in [-0.05, 0) is 48.2 Å². The van der Waals surface area contributed by atoms with Crippen molar-refractivity contribution in [2.45, 2.75) is 37.8 Å². The Labute approximate surface area is 274 Å². The Morgan fingerprint density at radius 1 is 0.489 bits per heavy atom. The first-order valence-electron chi connectivity index (χ1n) is 16.4. The van der Waals surface area contributed by atoms with Gasteiger partial charge < -0.3 is 9.47 Å². The predicted octanol–water partition coefficient (Wildman–Crippen LogP) is 7.63. The molecule has 0 saturated carbocycles. The Morgan fingerprint density at radius 3 is 1.38 bits per heavy atom. The van der Waals surface area contributed by atoms with Crippen LogP contribution in [-0.2, 0) is 35.2 Å².